The molecule has 5 heteroatoms. The summed E-state index contributed by atoms with van der Waals surface area (Å²) in [7, 11) is 0. The van der Waals surface area contributed by atoms with Gasteiger partial charge in [0.2, 0.25) is 5.91 Å². The molecule has 2 aromatic rings. The van der Waals surface area contributed by atoms with Crippen LogP contribution in [0.1, 0.15) is 36.4 Å². The van der Waals surface area contributed by atoms with Gasteiger partial charge in [-0.1, -0.05) is 58.4 Å². The molecule has 23 heavy (non-hydrogen) atoms. The van der Waals surface area contributed by atoms with Crippen LogP contribution >= 0.6 is 28.3 Å². The molecule has 0 aromatic heterocycles. The summed E-state index contributed by atoms with van der Waals surface area (Å²) in [5.74, 6) is 0.00817. The minimum atomic E-state index is -0.264. The second-order valence-electron chi connectivity index (χ2n) is 5.86. The zero-order valence-corrected chi connectivity index (χ0v) is 15.1. The number of carbonyl (C=O) groups excluding carboxylic acids is 1. The molecule has 0 aliphatic heterocycles. The molecule has 0 bridgehead atoms. The van der Waals surface area contributed by atoms with Gasteiger partial charge in [-0.15, -0.1) is 12.4 Å². The number of nitrogens with two attached hydrogens (primary N) is 1. The van der Waals surface area contributed by atoms with Crippen molar-refractivity contribution in [3.05, 3.63) is 70.2 Å². The van der Waals surface area contributed by atoms with Gasteiger partial charge < -0.3 is 11.1 Å². The van der Waals surface area contributed by atoms with Crippen LogP contribution in [0.3, 0.4) is 0 Å². The second kappa shape index (κ2) is 7.47. The van der Waals surface area contributed by atoms with Crippen LogP contribution < -0.4 is 11.1 Å². The van der Waals surface area contributed by atoms with E-state index < -0.39 is 0 Å². The molecule has 3 N–H and O–H groups in total. The van der Waals surface area contributed by atoms with Crippen molar-refractivity contribution in [2.45, 2.75) is 30.8 Å². The van der Waals surface area contributed by atoms with Gasteiger partial charge in [0.15, 0.2) is 0 Å². The highest BCUT2D eigenvalue weighted by Crippen LogP contribution is 2.46. The molecule has 1 aliphatic carbocycles. The highest BCUT2D eigenvalue weighted by atomic mass is 79.9. The van der Waals surface area contributed by atoms with Crippen molar-refractivity contribution >= 4 is 34.2 Å². The summed E-state index contributed by atoms with van der Waals surface area (Å²) >= 11 is 3.49. The number of halogens is 2. The molecule has 1 atom stereocenters. The van der Waals surface area contributed by atoms with Gasteiger partial charge in [0, 0.05) is 16.9 Å². The third-order valence-electron chi connectivity index (χ3n) is 4.14. The Morgan fingerprint density at radius 3 is 2.48 bits per heavy atom. The van der Waals surface area contributed by atoms with E-state index in [1.54, 1.807) is 0 Å². The van der Waals surface area contributed by atoms with E-state index in [9.17, 15) is 4.79 Å². The first kappa shape index (κ1) is 18.0. The molecule has 1 aliphatic rings. The molecular formula is C18H20BrClN2O. The standard InChI is InChI=1S/C18H19BrN2O.ClH/c19-15-8-4-7-14(11-15)18(9-10-18)21-17(22)12-16(20)13-5-2-1-3-6-13;/h1-8,11,16H,9-10,12,20H2,(H,21,22);1H. The van der Waals surface area contributed by atoms with Gasteiger partial charge in [0.05, 0.1) is 5.54 Å². The number of rotatable bonds is 5. The molecular weight excluding hydrogens is 376 g/mol. The zero-order valence-electron chi connectivity index (χ0n) is 12.7. The monoisotopic (exact) mass is 394 g/mol. The first-order valence-corrected chi connectivity index (χ1v) is 8.26. The summed E-state index contributed by atoms with van der Waals surface area (Å²) in [6, 6.07) is 17.6. The maximum absolute atomic E-state index is 12.3. The first-order valence-electron chi connectivity index (χ1n) is 7.47. The van der Waals surface area contributed by atoms with Crippen LogP contribution in [0.15, 0.2) is 59.1 Å². The van der Waals surface area contributed by atoms with Crippen LogP contribution in [0.4, 0.5) is 0 Å². The summed E-state index contributed by atoms with van der Waals surface area (Å²) in [4.78, 5) is 12.3. The molecule has 1 amide bonds. The normalized spacial score (nSPS) is 16.1. The van der Waals surface area contributed by atoms with Gasteiger partial charge in [0.1, 0.15) is 0 Å². The fourth-order valence-electron chi connectivity index (χ4n) is 2.73. The van der Waals surface area contributed by atoms with Gasteiger partial charge >= 0.3 is 0 Å². The van der Waals surface area contributed by atoms with Crippen molar-refractivity contribution < 1.29 is 4.79 Å². The van der Waals surface area contributed by atoms with Crippen LogP contribution in [0.5, 0.6) is 0 Å². The van der Waals surface area contributed by atoms with Crippen molar-refractivity contribution in [2.24, 2.45) is 5.73 Å². The van der Waals surface area contributed by atoms with Crippen molar-refractivity contribution in [1.82, 2.24) is 5.32 Å². The van der Waals surface area contributed by atoms with E-state index in [0.717, 1.165) is 28.4 Å². The summed E-state index contributed by atoms with van der Waals surface area (Å²) in [5, 5.41) is 3.17. The first-order chi connectivity index (χ1) is 10.6. The number of amides is 1. The lowest BCUT2D eigenvalue weighted by Crippen LogP contribution is -2.36. The molecule has 0 heterocycles. The molecule has 122 valence electrons. The highest BCUT2D eigenvalue weighted by molar-refractivity contribution is 9.10. The van der Waals surface area contributed by atoms with Crippen LogP contribution in [0.25, 0.3) is 0 Å². The second-order valence-corrected chi connectivity index (χ2v) is 6.78. The smallest absolute Gasteiger partial charge is 0.222 e. The Balaban J connectivity index is 0.00000192. The predicted octanol–water partition coefficient (Wildman–Crippen LogP) is 4.07. The quantitative estimate of drug-likeness (QED) is 0.802. The van der Waals surface area contributed by atoms with E-state index in [2.05, 4.69) is 33.4 Å². The Labute approximate surface area is 151 Å². The fraction of sp³-hybridized carbons (Fsp3) is 0.278. The summed E-state index contributed by atoms with van der Waals surface area (Å²) in [6.07, 6.45) is 2.27. The minimum absolute atomic E-state index is 0. The zero-order chi connectivity index (χ0) is 15.6. The third-order valence-corrected chi connectivity index (χ3v) is 4.63. The van der Waals surface area contributed by atoms with Gasteiger partial charge in [-0.2, -0.15) is 0 Å². The van der Waals surface area contributed by atoms with Gasteiger partial charge in [-0.05, 0) is 36.1 Å². The lowest BCUT2D eigenvalue weighted by Gasteiger charge is -2.20. The molecule has 0 radical (unpaired) electrons. The Bertz CT molecular complexity index is 674. The predicted molar refractivity (Wildman–Crippen MR) is 98.4 cm³/mol. The SMILES string of the molecule is Cl.NC(CC(=O)NC1(c2cccc(Br)c2)CC1)c1ccccc1. The highest BCUT2D eigenvalue weighted by Gasteiger charge is 2.45. The number of hydrogen-bond donors (Lipinski definition) is 2. The summed E-state index contributed by atoms with van der Waals surface area (Å²) < 4.78 is 1.03. The molecule has 2 aromatic carbocycles. The number of benzene rings is 2. The summed E-state index contributed by atoms with van der Waals surface area (Å²) in [5.41, 5.74) is 8.08. The van der Waals surface area contributed by atoms with Gasteiger partial charge in [-0.3, -0.25) is 4.79 Å². The van der Waals surface area contributed by atoms with Gasteiger partial charge in [-0.25, -0.2) is 0 Å². The lowest BCUT2D eigenvalue weighted by molar-refractivity contribution is -0.122. The van der Waals surface area contributed by atoms with E-state index in [-0.39, 0.29) is 29.9 Å². The molecule has 1 unspecified atom stereocenters. The van der Waals surface area contributed by atoms with Crippen molar-refractivity contribution in [3.8, 4) is 0 Å². The maximum Gasteiger partial charge on any atom is 0.222 e. The molecule has 3 rings (SSSR count). The van der Waals surface area contributed by atoms with Crippen LogP contribution in [-0.2, 0) is 10.3 Å². The van der Waals surface area contributed by atoms with E-state index in [4.69, 9.17) is 5.73 Å². The van der Waals surface area contributed by atoms with Crippen molar-refractivity contribution in [3.63, 3.8) is 0 Å². The average Bonchev–Trinajstić information content (AvgIpc) is 3.29. The van der Waals surface area contributed by atoms with E-state index >= 15 is 0 Å². The summed E-state index contributed by atoms with van der Waals surface area (Å²) in [6.45, 7) is 0. The van der Waals surface area contributed by atoms with Crippen LogP contribution in [0.2, 0.25) is 0 Å². The Kier molecular flexibility index (Phi) is 5.84. The number of nitrogens with one attached hydrogen (secondary N) is 1. The largest absolute Gasteiger partial charge is 0.347 e. The Hall–Kier alpha value is -1.36. The fourth-order valence-corrected chi connectivity index (χ4v) is 3.13. The van der Waals surface area contributed by atoms with Crippen molar-refractivity contribution in [1.29, 1.82) is 0 Å². The average molecular weight is 396 g/mol. The van der Waals surface area contributed by atoms with E-state index in [0.29, 0.717) is 6.42 Å². The topological polar surface area (TPSA) is 55.1 Å². The molecule has 1 saturated carbocycles. The Morgan fingerprint density at radius 1 is 1.17 bits per heavy atom. The minimum Gasteiger partial charge on any atom is -0.347 e. The number of carbonyl (C=O) groups is 1. The van der Waals surface area contributed by atoms with Crippen LogP contribution in [-0.4, -0.2) is 5.91 Å². The molecule has 0 spiro atoms. The van der Waals surface area contributed by atoms with E-state index in [1.807, 2.05) is 42.5 Å². The maximum atomic E-state index is 12.3. The molecule has 0 saturated heterocycles. The molecule has 3 nitrogen and oxygen atoms in total. The third kappa shape index (κ3) is 4.34. The lowest BCUT2D eigenvalue weighted by atomic mass is 10.0. The van der Waals surface area contributed by atoms with Crippen LogP contribution in [0, 0.1) is 0 Å². The van der Waals surface area contributed by atoms with E-state index in [1.165, 1.54) is 0 Å². The van der Waals surface area contributed by atoms with Crippen molar-refractivity contribution in [2.75, 3.05) is 0 Å². The van der Waals surface area contributed by atoms with Gasteiger partial charge in [0.25, 0.3) is 0 Å². The molecule has 1 fully saturated rings. The Morgan fingerprint density at radius 2 is 1.87 bits per heavy atom. The number of hydrogen-bond acceptors (Lipinski definition) is 2.